The van der Waals surface area contributed by atoms with E-state index < -0.39 is 26.9 Å². The molecule has 1 aliphatic heterocycles. The third-order valence-electron chi connectivity index (χ3n) is 4.46. The van der Waals surface area contributed by atoms with E-state index in [4.69, 9.17) is 4.74 Å². The molecule has 1 unspecified atom stereocenters. The van der Waals surface area contributed by atoms with E-state index in [0.29, 0.717) is 22.5 Å². The lowest BCUT2D eigenvalue weighted by atomic mass is 9.96. The van der Waals surface area contributed by atoms with Gasteiger partial charge in [-0.3, -0.25) is 19.6 Å². The summed E-state index contributed by atoms with van der Waals surface area (Å²) in [6.45, 7) is -0.253. The Bertz CT molecular complexity index is 1120. The van der Waals surface area contributed by atoms with Gasteiger partial charge >= 0.3 is 0 Å². The number of hydrogen-bond donors (Lipinski definition) is 1. The van der Waals surface area contributed by atoms with Gasteiger partial charge < -0.3 is 4.74 Å². The van der Waals surface area contributed by atoms with E-state index in [1.165, 1.54) is 18.2 Å². The van der Waals surface area contributed by atoms with Crippen LogP contribution in [-0.2, 0) is 19.6 Å². The maximum Gasteiger partial charge on any atom is 0.274 e. The second kappa shape index (κ2) is 8.59. The minimum atomic E-state index is -3.55. The molecule has 0 saturated carbocycles. The first-order chi connectivity index (χ1) is 14.2. The molecular weight excluding hydrogens is 412 g/mol. The number of nitro benzene ring substituents is 1. The summed E-state index contributed by atoms with van der Waals surface area (Å²) >= 11 is 0. The van der Waals surface area contributed by atoms with Gasteiger partial charge in [0.15, 0.2) is 0 Å². The van der Waals surface area contributed by atoms with Crippen LogP contribution in [0.25, 0.3) is 0 Å². The number of ether oxygens (including phenoxy) is 1. The quantitative estimate of drug-likeness (QED) is 0.527. The van der Waals surface area contributed by atoms with Crippen molar-refractivity contribution in [3.05, 3.63) is 69.8 Å². The van der Waals surface area contributed by atoms with Gasteiger partial charge in [0.1, 0.15) is 6.61 Å². The van der Waals surface area contributed by atoms with Crippen molar-refractivity contribution in [3.8, 4) is 0 Å². The summed E-state index contributed by atoms with van der Waals surface area (Å²) in [5, 5.41) is 17.1. The first-order valence-electron chi connectivity index (χ1n) is 8.90. The number of methoxy groups -OCH3 is 1. The first kappa shape index (κ1) is 21.4. The van der Waals surface area contributed by atoms with E-state index in [1.54, 1.807) is 42.5 Å². The fraction of sp³-hybridized carbons (Fsp3) is 0.263. The zero-order chi connectivity index (χ0) is 21.9. The summed E-state index contributed by atoms with van der Waals surface area (Å²) in [5.74, 6) is -0.468. The van der Waals surface area contributed by atoms with Crippen molar-refractivity contribution in [1.82, 2.24) is 5.01 Å². The lowest BCUT2D eigenvalue weighted by Gasteiger charge is -2.21. The highest BCUT2D eigenvalue weighted by Crippen LogP contribution is 2.38. The molecule has 2 aromatic carbocycles. The Hall–Kier alpha value is -3.31. The van der Waals surface area contributed by atoms with E-state index in [1.807, 2.05) is 0 Å². The molecule has 0 aromatic heterocycles. The average Bonchev–Trinajstić information content (AvgIpc) is 3.12. The van der Waals surface area contributed by atoms with E-state index in [2.05, 4.69) is 9.82 Å². The topological polar surface area (TPSA) is 131 Å². The average molecular weight is 432 g/mol. The van der Waals surface area contributed by atoms with Crippen LogP contribution in [0.2, 0.25) is 0 Å². The van der Waals surface area contributed by atoms with Crippen LogP contribution < -0.4 is 4.72 Å². The Morgan fingerprint density at radius 3 is 2.60 bits per heavy atom. The van der Waals surface area contributed by atoms with E-state index in [-0.39, 0.29) is 18.7 Å². The number of nitrogens with one attached hydrogen (secondary N) is 1. The molecule has 0 aliphatic carbocycles. The van der Waals surface area contributed by atoms with Gasteiger partial charge in [0.05, 0.1) is 34.2 Å². The number of amides is 1. The molecule has 0 radical (unpaired) electrons. The maximum absolute atomic E-state index is 12.6. The standard InChI is InChI=1S/C19H20N4O6S/c1-29-12-19(24)22-18(14-8-4-6-10-17(14)23(25)26)11-16(20-22)13-7-3-5-9-15(13)21-30(2,27)28/h3-10,18,21H,11-12H2,1-2H3. The van der Waals surface area contributed by atoms with E-state index in [0.717, 1.165) is 6.26 Å². The maximum atomic E-state index is 12.6. The highest BCUT2D eigenvalue weighted by Gasteiger charge is 2.37. The molecule has 0 saturated heterocycles. The number of hydrazone groups is 1. The van der Waals surface area contributed by atoms with Crippen molar-refractivity contribution >= 4 is 33.0 Å². The molecule has 1 atom stereocenters. The van der Waals surface area contributed by atoms with Gasteiger partial charge in [0, 0.05) is 25.2 Å². The van der Waals surface area contributed by atoms with Crippen molar-refractivity contribution in [2.24, 2.45) is 5.10 Å². The van der Waals surface area contributed by atoms with Crippen LogP contribution in [0.15, 0.2) is 53.6 Å². The van der Waals surface area contributed by atoms with Crippen LogP contribution in [0.5, 0.6) is 0 Å². The van der Waals surface area contributed by atoms with Gasteiger partial charge in [-0.2, -0.15) is 5.10 Å². The second-order valence-corrected chi connectivity index (χ2v) is 8.42. The number of para-hydroxylation sites is 2. The lowest BCUT2D eigenvalue weighted by Crippen LogP contribution is -2.30. The van der Waals surface area contributed by atoms with Crippen LogP contribution >= 0.6 is 0 Å². The molecule has 1 amide bonds. The predicted molar refractivity (Wildman–Crippen MR) is 111 cm³/mol. The number of nitrogens with zero attached hydrogens (tertiary/aromatic N) is 3. The number of rotatable bonds is 7. The molecule has 1 aliphatic rings. The van der Waals surface area contributed by atoms with Crippen LogP contribution in [-0.4, -0.2) is 49.9 Å². The monoisotopic (exact) mass is 432 g/mol. The summed E-state index contributed by atoms with van der Waals surface area (Å²) < 4.78 is 30.8. The molecule has 2 aromatic rings. The smallest absolute Gasteiger partial charge is 0.274 e. The Morgan fingerprint density at radius 1 is 1.27 bits per heavy atom. The molecule has 158 valence electrons. The fourth-order valence-electron chi connectivity index (χ4n) is 3.29. The Balaban J connectivity index is 2.07. The summed E-state index contributed by atoms with van der Waals surface area (Å²) in [6.07, 6.45) is 1.20. The first-order valence-corrected chi connectivity index (χ1v) is 10.8. The molecule has 1 N–H and O–H groups in total. The summed E-state index contributed by atoms with van der Waals surface area (Å²) in [7, 11) is -2.18. The molecule has 30 heavy (non-hydrogen) atoms. The molecule has 3 rings (SSSR count). The third kappa shape index (κ3) is 4.63. The van der Waals surface area contributed by atoms with Gasteiger partial charge in [-0.1, -0.05) is 30.3 Å². The lowest BCUT2D eigenvalue weighted by molar-refractivity contribution is -0.385. The number of benzene rings is 2. The van der Waals surface area contributed by atoms with Crippen LogP contribution in [0.1, 0.15) is 23.6 Å². The third-order valence-corrected chi connectivity index (χ3v) is 5.05. The van der Waals surface area contributed by atoms with Crippen molar-refractivity contribution < 1.29 is 22.9 Å². The van der Waals surface area contributed by atoms with Gasteiger partial charge in [-0.05, 0) is 12.1 Å². The number of nitro groups is 1. The van der Waals surface area contributed by atoms with Gasteiger partial charge in [-0.15, -0.1) is 0 Å². The Labute approximate surface area is 173 Å². The Morgan fingerprint density at radius 2 is 1.93 bits per heavy atom. The molecule has 0 spiro atoms. The number of hydrogen-bond acceptors (Lipinski definition) is 7. The minimum absolute atomic E-state index is 0.128. The van der Waals surface area contributed by atoms with Crippen molar-refractivity contribution in [2.45, 2.75) is 12.5 Å². The molecule has 11 heteroatoms. The summed E-state index contributed by atoms with van der Waals surface area (Å²) in [4.78, 5) is 23.6. The number of anilines is 1. The zero-order valence-electron chi connectivity index (χ0n) is 16.3. The van der Waals surface area contributed by atoms with E-state index >= 15 is 0 Å². The van der Waals surface area contributed by atoms with Gasteiger partial charge in [-0.25, -0.2) is 13.4 Å². The number of carbonyl (C=O) groups is 1. The predicted octanol–water partition coefficient (Wildman–Crippen LogP) is 2.29. The van der Waals surface area contributed by atoms with Gasteiger partial charge in [0.25, 0.3) is 11.6 Å². The number of sulfonamides is 1. The SMILES string of the molecule is COCC(=O)N1N=C(c2ccccc2NS(C)(=O)=O)CC1c1ccccc1[N+](=O)[O-]. The largest absolute Gasteiger partial charge is 0.375 e. The molecule has 0 fully saturated rings. The molecule has 1 heterocycles. The van der Waals surface area contributed by atoms with E-state index in [9.17, 15) is 23.3 Å². The molecule has 10 nitrogen and oxygen atoms in total. The molecule has 0 bridgehead atoms. The van der Waals surface area contributed by atoms with Crippen LogP contribution in [0.4, 0.5) is 11.4 Å². The fourth-order valence-corrected chi connectivity index (χ4v) is 3.87. The normalized spacial score (nSPS) is 16.3. The van der Waals surface area contributed by atoms with Crippen LogP contribution in [0, 0.1) is 10.1 Å². The second-order valence-electron chi connectivity index (χ2n) is 6.67. The minimum Gasteiger partial charge on any atom is -0.375 e. The summed E-state index contributed by atoms with van der Waals surface area (Å²) in [6, 6.07) is 12.1. The highest BCUT2D eigenvalue weighted by atomic mass is 32.2. The van der Waals surface area contributed by atoms with Crippen molar-refractivity contribution in [1.29, 1.82) is 0 Å². The number of carbonyl (C=O) groups excluding carboxylic acids is 1. The highest BCUT2D eigenvalue weighted by molar-refractivity contribution is 7.92. The zero-order valence-corrected chi connectivity index (χ0v) is 17.1. The van der Waals surface area contributed by atoms with Crippen LogP contribution in [0.3, 0.4) is 0 Å². The van der Waals surface area contributed by atoms with Crippen molar-refractivity contribution in [2.75, 3.05) is 24.7 Å². The Kier molecular flexibility index (Phi) is 6.13. The molecular formula is C19H20N4O6S. The summed E-state index contributed by atoms with van der Waals surface area (Å²) in [5.41, 5.74) is 1.42. The van der Waals surface area contributed by atoms with Crippen molar-refractivity contribution in [3.63, 3.8) is 0 Å². The van der Waals surface area contributed by atoms with Gasteiger partial charge in [0.2, 0.25) is 10.0 Å².